The topological polar surface area (TPSA) is 74.9 Å². The van der Waals surface area contributed by atoms with E-state index < -0.39 is 6.10 Å². The fraction of sp³-hybridized carbons (Fsp3) is 0.200. The number of hydrogen-bond acceptors (Lipinski definition) is 4. The zero-order valence-electron chi connectivity index (χ0n) is 11.2. The van der Waals surface area contributed by atoms with Crippen molar-refractivity contribution in [3.8, 4) is 11.3 Å². The number of benzene rings is 1. The van der Waals surface area contributed by atoms with Crippen molar-refractivity contribution < 1.29 is 13.9 Å². The number of aliphatic hydroxyl groups excluding tert-OH is 1. The first-order valence-corrected chi connectivity index (χ1v) is 6.59. The number of aromatic nitrogens is 3. The van der Waals surface area contributed by atoms with Crippen molar-refractivity contribution >= 4 is 0 Å². The number of nitrogens with one attached hydrogen (secondary N) is 1. The van der Waals surface area contributed by atoms with E-state index in [0.717, 1.165) is 11.1 Å². The zero-order chi connectivity index (χ0) is 14.7. The Morgan fingerprint density at radius 2 is 2.10 bits per heavy atom. The molecule has 0 saturated heterocycles. The molecule has 0 amide bonds. The van der Waals surface area contributed by atoms with Crippen LogP contribution in [0.5, 0.6) is 0 Å². The second kappa shape index (κ2) is 5.88. The Morgan fingerprint density at radius 1 is 1.29 bits per heavy atom. The summed E-state index contributed by atoms with van der Waals surface area (Å²) >= 11 is 0. The third-order valence-electron chi connectivity index (χ3n) is 3.22. The molecule has 1 aromatic carbocycles. The molecule has 0 bridgehead atoms. The van der Waals surface area contributed by atoms with Crippen LogP contribution in [0.15, 0.2) is 47.3 Å². The smallest absolute Gasteiger partial charge is 0.178 e. The number of aryl methyl sites for hydroxylation is 1. The largest absolute Gasteiger partial charge is 0.464 e. The average molecular weight is 287 g/mol. The van der Waals surface area contributed by atoms with Crippen LogP contribution in [0, 0.1) is 5.82 Å². The van der Waals surface area contributed by atoms with Crippen molar-refractivity contribution in [2.75, 3.05) is 0 Å². The molecule has 0 spiro atoms. The summed E-state index contributed by atoms with van der Waals surface area (Å²) < 4.78 is 18.4. The molecule has 108 valence electrons. The van der Waals surface area contributed by atoms with E-state index in [1.165, 1.54) is 18.5 Å². The molecule has 21 heavy (non-hydrogen) atoms. The van der Waals surface area contributed by atoms with Gasteiger partial charge in [0.05, 0.1) is 6.26 Å². The highest BCUT2D eigenvalue weighted by Crippen LogP contribution is 2.24. The molecule has 3 rings (SSSR count). The lowest BCUT2D eigenvalue weighted by Gasteiger charge is -2.04. The molecule has 2 N–H and O–H groups in total. The molecule has 6 heteroatoms. The van der Waals surface area contributed by atoms with Gasteiger partial charge in [-0.15, -0.1) is 0 Å². The van der Waals surface area contributed by atoms with E-state index >= 15 is 0 Å². The first kappa shape index (κ1) is 13.5. The predicted molar refractivity (Wildman–Crippen MR) is 73.8 cm³/mol. The Bertz CT molecular complexity index is 692. The molecule has 3 aromatic rings. The Labute approximate surface area is 120 Å². The van der Waals surface area contributed by atoms with Gasteiger partial charge in [-0.2, -0.15) is 5.10 Å². The van der Waals surface area contributed by atoms with Crippen LogP contribution in [0.3, 0.4) is 0 Å². The summed E-state index contributed by atoms with van der Waals surface area (Å²) in [5, 5.41) is 16.3. The average Bonchev–Trinajstić information content (AvgIpc) is 3.17. The Hall–Kier alpha value is -2.47. The molecular formula is C15H14FN3O2. The minimum absolute atomic E-state index is 0.278. The molecule has 0 radical (unpaired) electrons. The van der Waals surface area contributed by atoms with Gasteiger partial charge in [0.25, 0.3) is 0 Å². The second-order valence-electron chi connectivity index (χ2n) is 4.74. The molecule has 2 heterocycles. The van der Waals surface area contributed by atoms with Crippen LogP contribution in [0.1, 0.15) is 23.9 Å². The minimum atomic E-state index is -0.708. The van der Waals surface area contributed by atoms with Gasteiger partial charge in [-0.1, -0.05) is 0 Å². The molecule has 0 aliphatic rings. The molecule has 0 aliphatic heterocycles. The van der Waals surface area contributed by atoms with Gasteiger partial charge < -0.3 is 9.52 Å². The summed E-state index contributed by atoms with van der Waals surface area (Å²) in [4.78, 5) is 3.91. The van der Waals surface area contributed by atoms with Crippen LogP contribution in [0.4, 0.5) is 4.39 Å². The van der Waals surface area contributed by atoms with E-state index in [1.54, 1.807) is 18.4 Å². The fourth-order valence-corrected chi connectivity index (χ4v) is 2.08. The van der Waals surface area contributed by atoms with Gasteiger partial charge in [0, 0.05) is 5.56 Å². The zero-order valence-corrected chi connectivity index (χ0v) is 11.2. The van der Waals surface area contributed by atoms with Crippen LogP contribution in [0.2, 0.25) is 0 Å². The lowest BCUT2D eigenvalue weighted by molar-refractivity contribution is 0.158. The third kappa shape index (κ3) is 3.17. The van der Waals surface area contributed by atoms with E-state index in [2.05, 4.69) is 15.2 Å². The molecule has 2 aromatic heterocycles. The number of rotatable bonds is 5. The Morgan fingerprint density at radius 3 is 2.81 bits per heavy atom. The van der Waals surface area contributed by atoms with E-state index in [4.69, 9.17) is 4.42 Å². The summed E-state index contributed by atoms with van der Waals surface area (Å²) in [6.45, 7) is 0. The van der Waals surface area contributed by atoms with Gasteiger partial charge in [-0.3, -0.25) is 5.10 Å². The highest BCUT2D eigenvalue weighted by molar-refractivity contribution is 5.57. The summed E-state index contributed by atoms with van der Waals surface area (Å²) in [7, 11) is 0. The van der Waals surface area contributed by atoms with Gasteiger partial charge in [0.15, 0.2) is 5.82 Å². The number of hydrogen-bond donors (Lipinski definition) is 2. The normalized spacial score (nSPS) is 12.5. The maximum atomic E-state index is 12.9. The lowest BCUT2D eigenvalue weighted by Crippen LogP contribution is -2.01. The van der Waals surface area contributed by atoms with Crippen molar-refractivity contribution in [2.45, 2.75) is 18.9 Å². The van der Waals surface area contributed by atoms with E-state index in [0.29, 0.717) is 24.4 Å². The lowest BCUT2D eigenvalue weighted by atomic mass is 10.1. The standard InChI is InChI=1S/C15H14FN3O2/c16-12-4-2-11(3-5-12)14-7-10(8-21-14)1-6-13(20)15-17-9-18-19-15/h2-5,7-9,13,20H,1,6H2,(H,17,18,19). The van der Waals surface area contributed by atoms with Gasteiger partial charge in [0.1, 0.15) is 24.0 Å². The highest BCUT2D eigenvalue weighted by Gasteiger charge is 2.12. The van der Waals surface area contributed by atoms with E-state index in [1.807, 2.05) is 6.07 Å². The number of H-pyrrole nitrogens is 1. The van der Waals surface area contributed by atoms with Crippen molar-refractivity contribution in [3.05, 3.63) is 60.1 Å². The maximum absolute atomic E-state index is 12.9. The SMILES string of the molecule is OC(CCc1coc(-c2ccc(F)cc2)c1)c1nc[nH]n1. The number of halogens is 1. The minimum Gasteiger partial charge on any atom is -0.464 e. The van der Waals surface area contributed by atoms with Gasteiger partial charge >= 0.3 is 0 Å². The molecule has 0 saturated carbocycles. The number of nitrogens with zero attached hydrogens (tertiary/aromatic N) is 2. The van der Waals surface area contributed by atoms with Crippen LogP contribution < -0.4 is 0 Å². The molecule has 1 unspecified atom stereocenters. The number of furan rings is 1. The van der Waals surface area contributed by atoms with Crippen LogP contribution in [-0.4, -0.2) is 20.3 Å². The Kier molecular flexibility index (Phi) is 3.79. The fourth-order valence-electron chi connectivity index (χ4n) is 2.08. The van der Waals surface area contributed by atoms with Gasteiger partial charge in [0.2, 0.25) is 0 Å². The molecular weight excluding hydrogens is 273 g/mol. The van der Waals surface area contributed by atoms with Crippen LogP contribution in [0.25, 0.3) is 11.3 Å². The third-order valence-corrected chi connectivity index (χ3v) is 3.22. The number of aromatic amines is 1. The monoisotopic (exact) mass is 287 g/mol. The number of aliphatic hydroxyl groups is 1. The summed E-state index contributed by atoms with van der Waals surface area (Å²) in [5.74, 6) is 0.787. The summed E-state index contributed by atoms with van der Waals surface area (Å²) in [6.07, 6.45) is 3.51. The molecule has 5 nitrogen and oxygen atoms in total. The van der Waals surface area contributed by atoms with Crippen molar-refractivity contribution in [1.29, 1.82) is 0 Å². The predicted octanol–water partition coefficient (Wildman–Crippen LogP) is 2.87. The quantitative estimate of drug-likeness (QED) is 0.756. The van der Waals surface area contributed by atoms with Gasteiger partial charge in [-0.25, -0.2) is 9.37 Å². The molecule has 1 atom stereocenters. The van der Waals surface area contributed by atoms with Crippen molar-refractivity contribution in [2.24, 2.45) is 0 Å². The Balaban J connectivity index is 1.64. The molecule has 0 fully saturated rings. The van der Waals surface area contributed by atoms with Crippen LogP contribution in [-0.2, 0) is 6.42 Å². The van der Waals surface area contributed by atoms with Gasteiger partial charge in [-0.05, 0) is 48.7 Å². The highest BCUT2D eigenvalue weighted by atomic mass is 19.1. The second-order valence-corrected chi connectivity index (χ2v) is 4.74. The van der Waals surface area contributed by atoms with Crippen molar-refractivity contribution in [3.63, 3.8) is 0 Å². The van der Waals surface area contributed by atoms with Crippen molar-refractivity contribution in [1.82, 2.24) is 15.2 Å². The summed E-state index contributed by atoms with van der Waals surface area (Å²) in [5.41, 5.74) is 1.78. The summed E-state index contributed by atoms with van der Waals surface area (Å²) in [6, 6.07) is 8.01. The van der Waals surface area contributed by atoms with E-state index in [9.17, 15) is 9.50 Å². The van der Waals surface area contributed by atoms with Crippen LogP contribution >= 0.6 is 0 Å². The first-order chi connectivity index (χ1) is 10.2. The molecule has 0 aliphatic carbocycles. The van der Waals surface area contributed by atoms with E-state index in [-0.39, 0.29) is 5.82 Å². The first-order valence-electron chi connectivity index (χ1n) is 6.59. The maximum Gasteiger partial charge on any atom is 0.178 e.